The maximum absolute atomic E-state index is 8.90. The molecule has 0 aromatic rings. The fraction of sp³-hybridized carbons (Fsp3) is 0.800. The van der Waals surface area contributed by atoms with Gasteiger partial charge in [0.2, 0.25) is 0 Å². The molecule has 0 fully saturated rings. The van der Waals surface area contributed by atoms with Crippen molar-refractivity contribution < 1.29 is 0 Å². The number of nitrogens with zero attached hydrogens (tertiary/aromatic N) is 3. The summed E-state index contributed by atoms with van der Waals surface area (Å²) in [6.07, 6.45) is 0.648. The molecule has 3 heteroatoms. The molecule has 0 spiro atoms. The van der Waals surface area contributed by atoms with Crippen molar-refractivity contribution in [1.29, 1.82) is 10.5 Å². The van der Waals surface area contributed by atoms with E-state index in [1.54, 1.807) is 0 Å². The van der Waals surface area contributed by atoms with Crippen LogP contribution < -0.4 is 0 Å². The third-order valence-corrected chi connectivity index (χ3v) is 2.20. The first-order valence-corrected chi connectivity index (χ1v) is 4.72. The first-order valence-electron chi connectivity index (χ1n) is 4.72. The van der Waals surface area contributed by atoms with Gasteiger partial charge in [0.25, 0.3) is 0 Å². The number of nitriles is 2. The number of hydrogen-bond donors (Lipinski definition) is 0. The summed E-state index contributed by atoms with van der Waals surface area (Å²) in [4.78, 5) is 2.08. The topological polar surface area (TPSA) is 50.8 Å². The van der Waals surface area contributed by atoms with Crippen LogP contribution in [0.15, 0.2) is 0 Å². The highest BCUT2D eigenvalue weighted by Gasteiger charge is 2.17. The van der Waals surface area contributed by atoms with Crippen molar-refractivity contribution in [2.45, 2.75) is 33.2 Å². The minimum atomic E-state index is -0.107. The van der Waals surface area contributed by atoms with Crippen LogP contribution in [0.3, 0.4) is 0 Å². The maximum atomic E-state index is 8.90. The molecule has 13 heavy (non-hydrogen) atoms. The van der Waals surface area contributed by atoms with E-state index in [1.807, 2.05) is 20.8 Å². The van der Waals surface area contributed by atoms with Gasteiger partial charge in [-0.15, -0.1) is 0 Å². The standard InChI is InChI=1S/C10H17N3/c1-4-13(5-2)10(8-12)6-9(3)7-11/h9-10H,4-6H2,1-3H3. The number of rotatable bonds is 5. The van der Waals surface area contributed by atoms with E-state index in [4.69, 9.17) is 10.5 Å². The van der Waals surface area contributed by atoms with Crippen molar-refractivity contribution in [2.24, 2.45) is 5.92 Å². The van der Waals surface area contributed by atoms with Gasteiger partial charge in [0.05, 0.1) is 18.2 Å². The highest BCUT2D eigenvalue weighted by molar-refractivity contribution is 4.95. The van der Waals surface area contributed by atoms with E-state index in [0.717, 1.165) is 13.1 Å². The quantitative estimate of drug-likeness (QED) is 0.646. The molecule has 0 aliphatic carbocycles. The second-order valence-corrected chi connectivity index (χ2v) is 3.13. The van der Waals surface area contributed by atoms with E-state index in [1.165, 1.54) is 0 Å². The van der Waals surface area contributed by atoms with Crippen molar-refractivity contribution in [3.8, 4) is 12.1 Å². The van der Waals surface area contributed by atoms with Gasteiger partial charge in [0, 0.05) is 5.92 Å². The van der Waals surface area contributed by atoms with Crippen LogP contribution in [0.2, 0.25) is 0 Å². The predicted molar refractivity (Wildman–Crippen MR) is 51.7 cm³/mol. The first-order chi connectivity index (χ1) is 6.19. The molecular formula is C10H17N3. The minimum Gasteiger partial charge on any atom is -0.289 e. The van der Waals surface area contributed by atoms with E-state index in [2.05, 4.69) is 17.0 Å². The van der Waals surface area contributed by atoms with Gasteiger partial charge < -0.3 is 0 Å². The van der Waals surface area contributed by atoms with Crippen LogP contribution in [0.25, 0.3) is 0 Å². The molecule has 0 rings (SSSR count). The van der Waals surface area contributed by atoms with Gasteiger partial charge in [0.1, 0.15) is 0 Å². The summed E-state index contributed by atoms with van der Waals surface area (Å²) >= 11 is 0. The van der Waals surface area contributed by atoms with Crippen LogP contribution >= 0.6 is 0 Å². The smallest absolute Gasteiger partial charge is 0.0990 e. The van der Waals surface area contributed by atoms with E-state index < -0.39 is 0 Å². The van der Waals surface area contributed by atoms with Crippen molar-refractivity contribution >= 4 is 0 Å². The lowest BCUT2D eigenvalue weighted by Gasteiger charge is -2.24. The van der Waals surface area contributed by atoms with Crippen LogP contribution in [0.1, 0.15) is 27.2 Å². The zero-order valence-corrected chi connectivity index (χ0v) is 8.62. The van der Waals surface area contributed by atoms with Gasteiger partial charge in [-0.2, -0.15) is 10.5 Å². The largest absolute Gasteiger partial charge is 0.289 e. The molecule has 0 aromatic heterocycles. The molecule has 72 valence electrons. The van der Waals surface area contributed by atoms with Crippen LogP contribution in [0, 0.1) is 28.6 Å². The molecule has 0 bridgehead atoms. The van der Waals surface area contributed by atoms with Crippen LogP contribution in [0.4, 0.5) is 0 Å². The van der Waals surface area contributed by atoms with Crippen molar-refractivity contribution in [2.75, 3.05) is 13.1 Å². The molecule has 0 aliphatic rings. The lowest BCUT2D eigenvalue weighted by molar-refractivity contribution is 0.239. The highest BCUT2D eigenvalue weighted by Crippen LogP contribution is 2.10. The molecule has 0 radical (unpaired) electrons. The highest BCUT2D eigenvalue weighted by atomic mass is 15.1. The van der Waals surface area contributed by atoms with Gasteiger partial charge in [-0.25, -0.2) is 0 Å². The van der Waals surface area contributed by atoms with Crippen molar-refractivity contribution in [1.82, 2.24) is 4.90 Å². The Morgan fingerprint density at radius 2 is 1.69 bits per heavy atom. The zero-order valence-electron chi connectivity index (χ0n) is 8.62. The molecule has 0 saturated heterocycles. The normalized spacial score (nSPS) is 14.6. The molecule has 2 atom stereocenters. The average molecular weight is 179 g/mol. The minimum absolute atomic E-state index is 0.0368. The van der Waals surface area contributed by atoms with Gasteiger partial charge >= 0.3 is 0 Å². The Bertz CT molecular complexity index is 207. The summed E-state index contributed by atoms with van der Waals surface area (Å²) in [5.41, 5.74) is 0. The first kappa shape index (κ1) is 11.9. The Morgan fingerprint density at radius 3 is 2.00 bits per heavy atom. The Kier molecular flexibility index (Phi) is 5.93. The van der Waals surface area contributed by atoms with Crippen molar-refractivity contribution in [3.05, 3.63) is 0 Å². The Labute approximate surface area is 80.6 Å². The summed E-state index contributed by atoms with van der Waals surface area (Å²) < 4.78 is 0. The maximum Gasteiger partial charge on any atom is 0.0990 e. The van der Waals surface area contributed by atoms with Crippen LogP contribution in [0.5, 0.6) is 0 Å². The molecule has 3 nitrogen and oxygen atoms in total. The van der Waals surface area contributed by atoms with Crippen LogP contribution in [-0.2, 0) is 0 Å². The molecule has 0 amide bonds. The molecule has 0 aliphatic heterocycles. The van der Waals surface area contributed by atoms with Crippen molar-refractivity contribution in [3.63, 3.8) is 0 Å². The molecule has 2 unspecified atom stereocenters. The van der Waals surface area contributed by atoms with E-state index >= 15 is 0 Å². The summed E-state index contributed by atoms with van der Waals surface area (Å²) in [6.45, 7) is 7.66. The molecule has 0 saturated carbocycles. The Morgan fingerprint density at radius 1 is 1.15 bits per heavy atom. The summed E-state index contributed by atoms with van der Waals surface area (Å²) in [5, 5.41) is 17.5. The third-order valence-electron chi connectivity index (χ3n) is 2.20. The molecule has 0 N–H and O–H groups in total. The number of hydrogen-bond acceptors (Lipinski definition) is 3. The third kappa shape index (κ3) is 3.92. The zero-order chi connectivity index (χ0) is 10.3. The van der Waals surface area contributed by atoms with Crippen LogP contribution in [-0.4, -0.2) is 24.0 Å². The summed E-state index contributed by atoms with van der Waals surface area (Å²) in [6, 6.07) is 4.29. The molecule has 0 aromatic carbocycles. The van der Waals surface area contributed by atoms with Gasteiger partial charge in [-0.1, -0.05) is 13.8 Å². The SMILES string of the molecule is CCN(CC)C(C#N)CC(C)C#N. The van der Waals surface area contributed by atoms with E-state index in [-0.39, 0.29) is 12.0 Å². The van der Waals surface area contributed by atoms with Gasteiger partial charge in [-0.3, -0.25) is 4.90 Å². The Hall–Kier alpha value is -1.06. The van der Waals surface area contributed by atoms with E-state index in [0.29, 0.717) is 6.42 Å². The average Bonchev–Trinajstić information content (AvgIpc) is 2.17. The monoisotopic (exact) mass is 179 g/mol. The Balaban J connectivity index is 4.19. The van der Waals surface area contributed by atoms with Gasteiger partial charge in [0.15, 0.2) is 0 Å². The molecular weight excluding hydrogens is 162 g/mol. The lowest BCUT2D eigenvalue weighted by Crippen LogP contribution is -2.34. The predicted octanol–water partition coefficient (Wildman–Crippen LogP) is 1.77. The summed E-state index contributed by atoms with van der Waals surface area (Å²) in [5.74, 6) is -0.0368. The molecule has 0 heterocycles. The summed E-state index contributed by atoms with van der Waals surface area (Å²) in [7, 11) is 0. The van der Waals surface area contributed by atoms with Gasteiger partial charge in [-0.05, 0) is 26.4 Å². The lowest BCUT2D eigenvalue weighted by atomic mass is 10.0. The fourth-order valence-corrected chi connectivity index (χ4v) is 1.34. The fourth-order valence-electron chi connectivity index (χ4n) is 1.34. The second kappa shape index (κ2) is 6.46. The van der Waals surface area contributed by atoms with E-state index in [9.17, 15) is 0 Å². The second-order valence-electron chi connectivity index (χ2n) is 3.13.